The SMILES string of the molecule is Cc1ccc(N(c2ccc(C)cc2)c2cc3c4c(c2)Oc2c(cc5c(c2N(c2ccc(C)cc2)c2ccc(C)cc2)c2ccccc2n5C)B4c2cc(C)ccc2O3)cc1. The minimum Gasteiger partial charge on any atom is -0.458 e. The largest absolute Gasteiger partial charge is 0.458 e. The Morgan fingerprint density at radius 2 is 0.933 bits per heavy atom. The molecule has 0 fully saturated rings. The number of para-hydroxylation sites is 1. The maximum Gasteiger partial charge on any atom is 0.260 e. The fraction of sp³-hybridized carbons (Fsp3) is 0.111. The van der Waals surface area contributed by atoms with E-state index in [2.05, 4.69) is 214 Å². The Hall–Kier alpha value is -7.18. The van der Waals surface area contributed by atoms with Gasteiger partial charge in [-0.25, -0.2) is 0 Å². The first kappa shape index (κ1) is 35.9. The molecule has 2 aliphatic rings. The van der Waals surface area contributed by atoms with Gasteiger partial charge in [0.15, 0.2) is 0 Å². The third-order valence-electron chi connectivity index (χ3n) is 12.4. The lowest BCUT2D eigenvalue weighted by Crippen LogP contribution is -2.57. The summed E-state index contributed by atoms with van der Waals surface area (Å²) < 4.78 is 16.9. The van der Waals surface area contributed by atoms with E-state index in [0.717, 1.165) is 84.4 Å². The van der Waals surface area contributed by atoms with Gasteiger partial charge < -0.3 is 23.8 Å². The number of anilines is 6. The van der Waals surface area contributed by atoms with E-state index in [4.69, 9.17) is 9.47 Å². The van der Waals surface area contributed by atoms with Gasteiger partial charge in [-0.1, -0.05) is 107 Å². The van der Waals surface area contributed by atoms with Crippen molar-refractivity contribution in [3.63, 3.8) is 0 Å². The number of aryl methyl sites for hydroxylation is 6. The van der Waals surface area contributed by atoms with Gasteiger partial charge in [-0.3, -0.25) is 0 Å². The molecule has 0 bridgehead atoms. The molecule has 0 amide bonds. The molecule has 0 aliphatic carbocycles. The third-order valence-corrected chi connectivity index (χ3v) is 12.4. The monoisotopic (exact) mass is 777 g/mol. The average Bonchev–Trinajstić information content (AvgIpc) is 3.54. The molecule has 0 atom stereocenters. The first-order chi connectivity index (χ1) is 29.2. The van der Waals surface area contributed by atoms with Crippen LogP contribution in [0, 0.1) is 34.6 Å². The van der Waals surface area contributed by atoms with Crippen LogP contribution in [0.15, 0.2) is 158 Å². The first-order valence-electron chi connectivity index (χ1n) is 20.8. The van der Waals surface area contributed by atoms with Crippen molar-refractivity contribution in [2.75, 3.05) is 9.80 Å². The van der Waals surface area contributed by atoms with Crippen molar-refractivity contribution < 1.29 is 9.47 Å². The summed E-state index contributed by atoms with van der Waals surface area (Å²) in [6, 6.07) is 57.3. The Kier molecular flexibility index (Phi) is 8.21. The van der Waals surface area contributed by atoms with Crippen LogP contribution >= 0.6 is 0 Å². The maximum absolute atomic E-state index is 7.58. The molecular formula is C54H44BN3O2. The van der Waals surface area contributed by atoms with Crippen molar-refractivity contribution in [3.8, 4) is 23.0 Å². The average molecular weight is 778 g/mol. The zero-order chi connectivity index (χ0) is 40.8. The highest BCUT2D eigenvalue weighted by atomic mass is 16.5. The summed E-state index contributed by atoms with van der Waals surface area (Å²) in [4.78, 5) is 4.71. The molecule has 5 nitrogen and oxygen atoms in total. The van der Waals surface area contributed by atoms with Crippen LogP contribution in [0.25, 0.3) is 21.8 Å². The van der Waals surface area contributed by atoms with Gasteiger partial charge in [-0.15, -0.1) is 0 Å². The van der Waals surface area contributed by atoms with Gasteiger partial charge in [0.1, 0.15) is 23.0 Å². The number of nitrogens with zero attached hydrogens (tertiary/aromatic N) is 3. The second-order valence-corrected chi connectivity index (χ2v) is 16.7. The number of rotatable bonds is 6. The summed E-state index contributed by atoms with van der Waals surface area (Å²) in [5.41, 5.74) is 17.8. The molecule has 0 saturated carbocycles. The highest BCUT2D eigenvalue weighted by molar-refractivity contribution is 6.98. The zero-order valence-electron chi connectivity index (χ0n) is 34.7. The Bertz CT molecular complexity index is 3060. The zero-order valence-corrected chi connectivity index (χ0v) is 34.7. The highest BCUT2D eigenvalue weighted by Crippen LogP contribution is 2.51. The van der Waals surface area contributed by atoms with Crippen molar-refractivity contribution in [2.45, 2.75) is 34.6 Å². The lowest BCUT2D eigenvalue weighted by atomic mass is 9.34. The van der Waals surface area contributed by atoms with Gasteiger partial charge in [0, 0.05) is 63.7 Å². The number of hydrogen-bond donors (Lipinski definition) is 0. The minimum absolute atomic E-state index is 0.150. The van der Waals surface area contributed by atoms with Crippen LogP contribution in [0.3, 0.4) is 0 Å². The molecule has 0 N–H and O–H groups in total. The minimum atomic E-state index is -0.150. The fourth-order valence-electron chi connectivity index (χ4n) is 9.32. The Labute approximate surface area is 351 Å². The van der Waals surface area contributed by atoms with Crippen LogP contribution in [-0.2, 0) is 7.05 Å². The molecule has 60 heavy (non-hydrogen) atoms. The highest BCUT2D eigenvalue weighted by Gasteiger charge is 2.43. The van der Waals surface area contributed by atoms with Gasteiger partial charge in [-0.2, -0.15) is 0 Å². The topological polar surface area (TPSA) is 29.9 Å². The second kappa shape index (κ2) is 13.7. The number of aromatic nitrogens is 1. The van der Waals surface area contributed by atoms with E-state index < -0.39 is 0 Å². The summed E-state index contributed by atoms with van der Waals surface area (Å²) in [5.74, 6) is 3.28. The summed E-state index contributed by atoms with van der Waals surface area (Å²) in [5, 5.41) is 2.32. The van der Waals surface area contributed by atoms with E-state index in [-0.39, 0.29) is 6.71 Å². The molecule has 1 aromatic heterocycles. The molecule has 3 heterocycles. The van der Waals surface area contributed by atoms with E-state index in [1.807, 2.05) is 0 Å². The molecule has 0 radical (unpaired) electrons. The number of fused-ring (bicyclic) bond motifs is 7. The van der Waals surface area contributed by atoms with Crippen LogP contribution < -0.4 is 35.7 Å². The first-order valence-corrected chi connectivity index (χ1v) is 20.8. The summed E-state index contributed by atoms with van der Waals surface area (Å²) >= 11 is 0. The normalized spacial score (nSPS) is 12.4. The second-order valence-electron chi connectivity index (χ2n) is 16.7. The molecule has 11 rings (SSSR count). The summed E-state index contributed by atoms with van der Waals surface area (Å²) in [6.45, 7) is 10.6. The Balaban J connectivity index is 1.25. The van der Waals surface area contributed by atoms with E-state index >= 15 is 0 Å². The predicted octanol–water partition coefficient (Wildman–Crippen LogP) is 12.5. The lowest BCUT2D eigenvalue weighted by molar-refractivity contribution is 0.465. The van der Waals surface area contributed by atoms with E-state index in [1.165, 1.54) is 38.7 Å². The van der Waals surface area contributed by atoms with Crippen LogP contribution in [0.2, 0.25) is 0 Å². The molecule has 290 valence electrons. The van der Waals surface area contributed by atoms with Crippen molar-refractivity contribution in [2.24, 2.45) is 7.05 Å². The van der Waals surface area contributed by atoms with E-state index in [1.54, 1.807) is 0 Å². The van der Waals surface area contributed by atoms with E-state index in [0.29, 0.717) is 0 Å². The van der Waals surface area contributed by atoms with E-state index in [9.17, 15) is 0 Å². The maximum atomic E-state index is 7.58. The number of benzene rings is 8. The fourth-order valence-corrected chi connectivity index (χ4v) is 9.32. The van der Waals surface area contributed by atoms with Gasteiger partial charge in [0.25, 0.3) is 6.71 Å². The van der Waals surface area contributed by atoms with Gasteiger partial charge in [0.05, 0.1) is 16.9 Å². The molecule has 0 unspecified atom stereocenters. The number of hydrogen-bond acceptors (Lipinski definition) is 4. The van der Waals surface area contributed by atoms with Crippen LogP contribution in [0.5, 0.6) is 23.0 Å². The quantitative estimate of drug-likeness (QED) is 0.157. The molecule has 9 aromatic rings. The lowest BCUT2D eigenvalue weighted by Gasteiger charge is -2.37. The molecule has 8 aromatic carbocycles. The molecule has 0 spiro atoms. The summed E-state index contributed by atoms with van der Waals surface area (Å²) in [6.07, 6.45) is 0. The van der Waals surface area contributed by atoms with Gasteiger partial charge >= 0.3 is 0 Å². The molecular weight excluding hydrogens is 733 g/mol. The van der Waals surface area contributed by atoms with Crippen molar-refractivity contribution in [1.82, 2.24) is 4.57 Å². The van der Waals surface area contributed by atoms with Crippen LogP contribution in [-0.4, -0.2) is 11.3 Å². The standard InChI is InChI=1S/C54H44BN3O2/c1-33-11-20-38(21-12-33)57(39-22-13-34(2)14-23-39)42-30-49-52-50(31-42)60-54-45(55(52)44-29-37(5)19-28-48(44)59-49)32-47-51(43-9-7-8-10-46(43)56(47)6)53(54)58(40-24-15-35(3)16-25-40)41-26-17-36(4)18-27-41/h7-32H,1-6H3. The molecule has 2 aliphatic heterocycles. The van der Waals surface area contributed by atoms with Crippen molar-refractivity contribution in [3.05, 3.63) is 186 Å². The van der Waals surface area contributed by atoms with Crippen molar-refractivity contribution >= 4 is 79.0 Å². The third kappa shape index (κ3) is 5.70. The van der Waals surface area contributed by atoms with Gasteiger partial charge in [-0.05, 0) is 112 Å². The predicted molar refractivity (Wildman–Crippen MR) is 251 cm³/mol. The van der Waals surface area contributed by atoms with Crippen LogP contribution in [0.1, 0.15) is 27.8 Å². The molecule has 0 saturated heterocycles. The summed E-state index contributed by atoms with van der Waals surface area (Å²) in [7, 11) is 2.19. The van der Waals surface area contributed by atoms with Gasteiger partial charge in [0.2, 0.25) is 0 Å². The number of ether oxygens (including phenoxy) is 2. The Morgan fingerprint density at radius 3 is 1.50 bits per heavy atom. The molecule has 6 heteroatoms. The van der Waals surface area contributed by atoms with Crippen molar-refractivity contribution in [1.29, 1.82) is 0 Å². The smallest absolute Gasteiger partial charge is 0.260 e. The van der Waals surface area contributed by atoms with Crippen LogP contribution in [0.4, 0.5) is 34.1 Å². The Morgan fingerprint density at radius 1 is 0.433 bits per heavy atom.